The lowest BCUT2D eigenvalue weighted by Gasteiger charge is -2.09. The van der Waals surface area contributed by atoms with Gasteiger partial charge in [-0.15, -0.1) is 0 Å². The van der Waals surface area contributed by atoms with E-state index in [1.54, 1.807) is 0 Å². The average molecular weight is 222 g/mol. The molecule has 0 saturated heterocycles. The number of carboxylic acids is 1. The largest absolute Gasteiger partial charge is 0.481 e. The highest BCUT2D eigenvalue weighted by Crippen LogP contribution is 2.09. The lowest BCUT2D eigenvalue weighted by atomic mass is 10.1. The molecule has 0 saturated carbocycles. The van der Waals surface area contributed by atoms with Crippen LogP contribution in [0.4, 0.5) is 0 Å². The summed E-state index contributed by atoms with van der Waals surface area (Å²) in [5.41, 5.74) is 0. The third-order valence-corrected chi connectivity index (χ3v) is 3.85. The maximum Gasteiger partial charge on any atom is 0.304 e. The van der Waals surface area contributed by atoms with Gasteiger partial charge in [0.15, 0.2) is 9.84 Å². The zero-order valence-corrected chi connectivity index (χ0v) is 9.51. The molecule has 14 heavy (non-hydrogen) atoms. The van der Waals surface area contributed by atoms with Crippen LogP contribution >= 0.6 is 0 Å². The number of aliphatic carboxylic acids is 1. The summed E-state index contributed by atoms with van der Waals surface area (Å²) in [5.74, 6) is -1.07. The molecular weight excluding hydrogens is 204 g/mol. The van der Waals surface area contributed by atoms with Crippen molar-refractivity contribution in [1.82, 2.24) is 0 Å². The highest BCUT2D eigenvalue weighted by molar-refractivity contribution is 7.91. The van der Waals surface area contributed by atoms with Crippen LogP contribution in [-0.4, -0.2) is 31.0 Å². The fourth-order valence-corrected chi connectivity index (χ4v) is 3.02. The minimum atomic E-state index is -3.18. The van der Waals surface area contributed by atoms with Crippen LogP contribution < -0.4 is 0 Å². The van der Waals surface area contributed by atoms with Crippen LogP contribution in [0.3, 0.4) is 0 Å². The number of sulfone groups is 1. The Bertz CT molecular complexity index is 269. The van der Waals surface area contributed by atoms with Gasteiger partial charge in [0.05, 0.1) is 17.9 Å². The van der Waals surface area contributed by atoms with E-state index in [1.807, 2.05) is 13.8 Å². The Morgan fingerprint density at radius 1 is 1.43 bits per heavy atom. The Morgan fingerprint density at radius 3 is 2.43 bits per heavy atom. The van der Waals surface area contributed by atoms with Gasteiger partial charge in [-0.3, -0.25) is 4.79 Å². The second-order valence-corrected chi connectivity index (χ2v) is 5.88. The molecule has 0 aliphatic carbocycles. The van der Waals surface area contributed by atoms with Crippen molar-refractivity contribution in [1.29, 1.82) is 0 Å². The summed E-state index contributed by atoms with van der Waals surface area (Å²) >= 11 is 0. The zero-order chi connectivity index (χ0) is 11.2. The Labute approximate surface area is 85.2 Å². The number of hydrogen-bond donors (Lipinski definition) is 1. The SMILES string of the molecule is CCCC(C)CS(=O)(=O)CCC(=O)O. The predicted molar refractivity (Wildman–Crippen MR) is 55.0 cm³/mol. The fraction of sp³-hybridized carbons (Fsp3) is 0.889. The number of carbonyl (C=O) groups is 1. The first-order chi connectivity index (χ1) is 6.37. The van der Waals surface area contributed by atoms with Crippen LogP contribution in [0.1, 0.15) is 33.1 Å². The van der Waals surface area contributed by atoms with Gasteiger partial charge in [-0.25, -0.2) is 8.42 Å². The van der Waals surface area contributed by atoms with Crippen molar-refractivity contribution in [3.63, 3.8) is 0 Å². The van der Waals surface area contributed by atoms with Crippen molar-refractivity contribution in [2.75, 3.05) is 11.5 Å². The van der Waals surface area contributed by atoms with E-state index in [0.717, 1.165) is 12.8 Å². The third kappa shape index (κ3) is 6.88. The molecule has 84 valence electrons. The van der Waals surface area contributed by atoms with Gasteiger partial charge >= 0.3 is 5.97 Å². The van der Waals surface area contributed by atoms with E-state index in [4.69, 9.17) is 5.11 Å². The summed E-state index contributed by atoms with van der Waals surface area (Å²) in [6.07, 6.45) is 1.53. The van der Waals surface area contributed by atoms with Gasteiger partial charge in [0.25, 0.3) is 0 Å². The molecule has 0 radical (unpaired) electrons. The Kier molecular flexibility index (Phi) is 5.76. The quantitative estimate of drug-likeness (QED) is 0.705. The first-order valence-electron chi connectivity index (χ1n) is 4.79. The summed E-state index contributed by atoms with van der Waals surface area (Å²) < 4.78 is 22.7. The smallest absolute Gasteiger partial charge is 0.304 e. The summed E-state index contributed by atoms with van der Waals surface area (Å²) in [6, 6.07) is 0. The standard InChI is InChI=1S/C9H18O4S/c1-3-4-8(2)7-14(12,13)6-5-9(10)11/h8H,3-7H2,1-2H3,(H,10,11). The van der Waals surface area contributed by atoms with Crippen LogP contribution in [-0.2, 0) is 14.6 Å². The van der Waals surface area contributed by atoms with Crippen LogP contribution in [0, 0.1) is 5.92 Å². The van der Waals surface area contributed by atoms with Gasteiger partial charge in [-0.1, -0.05) is 26.7 Å². The molecule has 0 aromatic carbocycles. The van der Waals surface area contributed by atoms with Gasteiger partial charge in [0.2, 0.25) is 0 Å². The molecule has 0 heterocycles. The number of hydrogen-bond acceptors (Lipinski definition) is 3. The Balaban J connectivity index is 4.01. The minimum Gasteiger partial charge on any atom is -0.481 e. The Hall–Kier alpha value is -0.580. The highest BCUT2D eigenvalue weighted by Gasteiger charge is 2.16. The molecule has 0 aliphatic heterocycles. The van der Waals surface area contributed by atoms with E-state index in [9.17, 15) is 13.2 Å². The van der Waals surface area contributed by atoms with Gasteiger partial charge < -0.3 is 5.11 Å². The van der Waals surface area contributed by atoms with Crippen molar-refractivity contribution in [3.8, 4) is 0 Å². The minimum absolute atomic E-state index is 0.105. The van der Waals surface area contributed by atoms with Crippen molar-refractivity contribution < 1.29 is 18.3 Å². The molecule has 4 nitrogen and oxygen atoms in total. The van der Waals surface area contributed by atoms with E-state index in [-0.39, 0.29) is 23.8 Å². The molecule has 0 fully saturated rings. The van der Waals surface area contributed by atoms with Crippen molar-refractivity contribution >= 4 is 15.8 Å². The molecule has 0 rings (SSSR count). The lowest BCUT2D eigenvalue weighted by molar-refractivity contribution is -0.136. The van der Waals surface area contributed by atoms with Gasteiger partial charge in [-0.2, -0.15) is 0 Å². The van der Waals surface area contributed by atoms with Crippen LogP contribution in [0.5, 0.6) is 0 Å². The summed E-state index contributed by atoms with van der Waals surface area (Å²) in [7, 11) is -3.18. The van der Waals surface area contributed by atoms with Crippen molar-refractivity contribution in [2.24, 2.45) is 5.92 Å². The fourth-order valence-electron chi connectivity index (χ4n) is 1.34. The second kappa shape index (κ2) is 6.01. The number of carboxylic acid groups (broad SMARTS) is 1. The van der Waals surface area contributed by atoms with Crippen LogP contribution in [0.2, 0.25) is 0 Å². The first-order valence-corrected chi connectivity index (χ1v) is 6.61. The lowest BCUT2D eigenvalue weighted by Crippen LogP contribution is -2.18. The predicted octanol–water partition coefficient (Wildman–Crippen LogP) is 1.31. The molecule has 1 unspecified atom stereocenters. The molecule has 0 amide bonds. The molecule has 1 atom stereocenters. The monoisotopic (exact) mass is 222 g/mol. The van der Waals surface area contributed by atoms with Gasteiger partial charge in [0.1, 0.15) is 0 Å². The normalized spacial score (nSPS) is 13.9. The summed E-state index contributed by atoms with van der Waals surface area (Å²) in [4.78, 5) is 10.2. The average Bonchev–Trinajstić information content (AvgIpc) is 2.00. The van der Waals surface area contributed by atoms with Crippen molar-refractivity contribution in [2.45, 2.75) is 33.1 Å². The molecule has 0 aliphatic rings. The summed E-state index contributed by atoms with van der Waals surface area (Å²) in [6.45, 7) is 3.88. The van der Waals surface area contributed by atoms with E-state index < -0.39 is 15.8 Å². The Morgan fingerprint density at radius 2 is 2.00 bits per heavy atom. The van der Waals surface area contributed by atoms with E-state index in [0.29, 0.717) is 0 Å². The van der Waals surface area contributed by atoms with Gasteiger partial charge in [0, 0.05) is 0 Å². The molecule has 5 heteroatoms. The topological polar surface area (TPSA) is 71.4 Å². The molecule has 0 bridgehead atoms. The first kappa shape index (κ1) is 13.4. The maximum absolute atomic E-state index is 11.4. The molecule has 0 aromatic heterocycles. The van der Waals surface area contributed by atoms with Crippen LogP contribution in [0.15, 0.2) is 0 Å². The van der Waals surface area contributed by atoms with Crippen molar-refractivity contribution in [3.05, 3.63) is 0 Å². The van der Waals surface area contributed by atoms with E-state index in [2.05, 4.69) is 0 Å². The molecule has 0 aromatic rings. The van der Waals surface area contributed by atoms with E-state index in [1.165, 1.54) is 0 Å². The molecule has 0 spiro atoms. The molecule has 1 N–H and O–H groups in total. The zero-order valence-electron chi connectivity index (χ0n) is 8.69. The highest BCUT2D eigenvalue weighted by atomic mass is 32.2. The second-order valence-electron chi connectivity index (χ2n) is 3.65. The van der Waals surface area contributed by atoms with Gasteiger partial charge in [-0.05, 0) is 5.92 Å². The maximum atomic E-state index is 11.4. The third-order valence-electron chi connectivity index (χ3n) is 1.95. The summed E-state index contributed by atoms with van der Waals surface area (Å²) in [5, 5.41) is 8.35. The molecular formula is C9H18O4S. The van der Waals surface area contributed by atoms with Crippen LogP contribution in [0.25, 0.3) is 0 Å². The number of rotatable bonds is 7. The van der Waals surface area contributed by atoms with E-state index >= 15 is 0 Å².